The highest BCUT2D eigenvalue weighted by Crippen LogP contribution is 2.49. The van der Waals surface area contributed by atoms with Gasteiger partial charge < -0.3 is 22.8 Å². The van der Waals surface area contributed by atoms with E-state index >= 15 is 0 Å². The second-order valence-corrected chi connectivity index (χ2v) is 19.9. The highest BCUT2D eigenvalue weighted by molar-refractivity contribution is 6.98. The SMILES string of the molecule is c1ccc(-c2ccc3c(c2)c2cccc4c5ccc6c(c5n3c24)Oc2cc(-n3c4ccccc4c4ccccc43)cc3c2B6c2ccc4c5cccc6c7cc(-c8ccccc8)ccc7n(c4c2O3)c65)cc1. The van der Waals surface area contributed by atoms with Gasteiger partial charge in [0.15, 0.2) is 0 Å². The fourth-order valence-electron chi connectivity index (χ4n) is 13.4. The number of nitrogens with zero attached hydrogens (tertiary/aromatic N) is 3. The van der Waals surface area contributed by atoms with Crippen LogP contribution in [0.3, 0.4) is 0 Å². The van der Waals surface area contributed by atoms with E-state index in [1.54, 1.807) is 0 Å². The molecule has 11 aromatic carbocycles. The van der Waals surface area contributed by atoms with E-state index < -0.39 is 0 Å². The molecule has 330 valence electrons. The Morgan fingerprint density at radius 2 is 0.708 bits per heavy atom. The lowest BCUT2D eigenvalue weighted by Crippen LogP contribution is -2.57. The van der Waals surface area contributed by atoms with Crippen LogP contribution in [0.5, 0.6) is 23.0 Å². The first-order valence-electron chi connectivity index (χ1n) is 24.9. The number of benzene rings is 11. The summed E-state index contributed by atoms with van der Waals surface area (Å²) in [5, 5.41) is 12.2. The molecule has 5 nitrogen and oxygen atoms in total. The van der Waals surface area contributed by atoms with E-state index in [1.807, 2.05) is 0 Å². The Morgan fingerprint density at radius 3 is 1.19 bits per heavy atom. The van der Waals surface area contributed by atoms with Crippen LogP contribution in [0.2, 0.25) is 0 Å². The Bertz CT molecular complexity index is 4740. The molecular formula is C66H36BN3O2. The van der Waals surface area contributed by atoms with Crippen molar-refractivity contribution in [3.05, 3.63) is 218 Å². The van der Waals surface area contributed by atoms with Gasteiger partial charge in [-0.2, -0.15) is 0 Å². The van der Waals surface area contributed by atoms with Gasteiger partial charge in [-0.15, -0.1) is 0 Å². The van der Waals surface area contributed by atoms with Crippen LogP contribution in [0.4, 0.5) is 0 Å². The maximum atomic E-state index is 7.58. The highest BCUT2D eigenvalue weighted by Gasteiger charge is 2.43. The molecule has 2 aliphatic rings. The van der Waals surface area contributed by atoms with E-state index in [0.717, 1.165) is 67.1 Å². The minimum absolute atomic E-state index is 0.179. The van der Waals surface area contributed by atoms with Crippen molar-refractivity contribution in [1.82, 2.24) is 13.4 Å². The molecule has 0 bridgehead atoms. The first kappa shape index (κ1) is 37.4. The summed E-state index contributed by atoms with van der Waals surface area (Å²) in [7, 11) is 0. The predicted molar refractivity (Wildman–Crippen MR) is 299 cm³/mol. The molecule has 0 atom stereocenters. The molecule has 6 heteroatoms. The minimum atomic E-state index is -0.179. The summed E-state index contributed by atoms with van der Waals surface area (Å²) >= 11 is 0. The number of aromatic nitrogens is 3. The fraction of sp³-hybridized carbons (Fsp3) is 0. The van der Waals surface area contributed by atoms with Gasteiger partial charge in [0.1, 0.15) is 23.0 Å². The number of rotatable bonds is 3. The van der Waals surface area contributed by atoms with E-state index in [0.29, 0.717) is 0 Å². The first-order chi connectivity index (χ1) is 35.7. The molecule has 0 spiro atoms. The second-order valence-electron chi connectivity index (χ2n) is 19.9. The van der Waals surface area contributed by atoms with Crippen LogP contribution in [-0.2, 0) is 0 Å². The molecule has 0 unspecified atom stereocenters. The molecule has 0 aliphatic carbocycles. The summed E-state index contributed by atoms with van der Waals surface area (Å²) in [6, 6.07) is 80.1. The van der Waals surface area contributed by atoms with E-state index in [4.69, 9.17) is 9.47 Å². The molecule has 0 saturated heterocycles. The average molecular weight is 914 g/mol. The van der Waals surface area contributed by atoms with E-state index in [9.17, 15) is 0 Å². The molecule has 0 fully saturated rings. The number of fused-ring (bicyclic) bond motifs is 21. The summed E-state index contributed by atoms with van der Waals surface area (Å²) in [6.07, 6.45) is 0. The van der Waals surface area contributed by atoms with Crippen molar-refractivity contribution in [2.75, 3.05) is 0 Å². The number of ether oxygens (including phenoxy) is 2. The van der Waals surface area contributed by atoms with Crippen molar-refractivity contribution in [2.24, 2.45) is 0 Å². The Hall–Kier alpha value is -9.52. The van der Waals surface area contributed by atoms with Crippen LogP contribution in [0.25, 0.3) is 126 Å². The van der Waals surface area contributed by atoms with Crippen molar-refractivity contribution < 1.29 is 9.47 Å². The first-order valence-corrected chi connectivity index (χ1v) is 24.9. The molecule has 7 heterocycles. The molecule has 0 radical (unpaired) electrons. The van der Waals surface area contributed by atoms with Crippen molar-refractivity contribution in [2.45, 2.75) is 0 Å². The van der Waals surface area contributed by atoms with Crippen molar-refractivity contribution in [1.29, 1.82) is 0 Å². The third kappa shape index (κ3) is 4.57. The zero-order valence-electron chi connectivity index (χ0n) is 38.5. The van der Waals surface area contributed by atoms with Gasteiger partial charge in [0.05, 0.1) is 49.8 Å². The molecule has 18 rings (SSSR count). The van der Waals surface area contributed by atoms with Crippen LogP contribution < -0.4 is 25.9 Å². The fourth-order valence-corrected chi connectivity index (χ4v) is 13.4. The molecular weight excluding hydrogens is 878 g/mol. The summed E-state index contributed by atoms with van der Waals surface area (Å²) in [5.74, 6) is 3.39. The predicted octanol–water partition coefficient (Wildman–Crippen LogP) is 15.1. The monoisotopic (exact) mass is 913 g/mol. The lowest BCUT2D eigenvalue weighted by Gasteiger charge is -2.34. The Labute approximate surface area is 411 Å². The zero-order valence-corrected chi connectivity index (χ0v) is 38.5. The third-order valence-electron chi connectivity index (χ3n) is 16.4. The van der Waals surface area contributed by atoms with Crippen LogP contribution in [0, 0.1) is 0 Å². The van der Waals surface area contributed by atoms with Gasteiger partial charge in [0.25, 0.3) is 6.71 Å². The lowest BCUT2D eigenvalue weighted by molar-refractivity contribution is 0.468. The van der Waals surface area contributed by atoms with Crippen LogP contribution >= 0.6 is 0 Å². The maximum Gasteiger partial charge on any atom is 0.260 e. The zero-order chi connectivity index (χ0) is 46.5. The lowest BCUT2D eigenvalue weighted by atomic mass is 9.34. The molecule has 2 aliphatic heterocycles. The van der Waals surface area contributed by atoms with Crippen molar-refractivity contribution in [3.63, 3.8) is 0 Å². The number of hydrogen-bond acceptors (Lipinski definition) is 2. The number of para-hydroxylation sites is 4. The molecule has 16 aromatic rings. The largest absolute Gasteiger partial charge is 0.456 e. The van der Waals surface area contributed by atoms with Gasteiger partial charge in [-0.05, 0) is 69.6 Å². The van der Waals surface area contributed by atoms with E-state index in [-0.39, 0.29) is 6.71 Å². The third-order valence-corrected chi connectivity index (χ3v) is 16.4. The molecule has 0 N–H and O–H groups in total. The summed E-state index contributed by atoms with van der Waals surface area (Å²) in [5.41, 5.74) is 18.3. The van der Waals surface area contributed by atoms with Gasteiger partial charge in [0.2, 0.25) is 0 Å². The van der Waals surface area contributed by atoms with Crippen molar-refractivity contribution >= 4 is 121 Å². The minimum Gasteiger partial charge on any atom is -0.456 e. The Kier molecular flexibility index (Phi) is 6.86. The second kappa shape index (κ2) is 13.2. The normalized spacial score (nSPS) is 13.2. The van der Waals surface area contributed by atoms with Crippen molar-refractivity contribution in [3.8, 4) is 50.9 Å². The topological polar surface area (TPSA) is 32.2 Å². The maximum absolute atomic E-state index is 7.58. The summed E-state index contributed by atoms with van der Waals surface area (Å²) in [4.78, 5) is 0. The number of hydrogen-bond donors (Lipinski definition) is 0. The van der Waals surface area contributed by atoms with Gasteiger partial charge in [0, 0.05) is 71.5 Å². The molecule has 0 saturated carbocycles. The van der Waals surface area contributed by atoms with Crippen LogP contribution in [-0.4, -0.2) is 20.1 Å². The van der Waals surface area contributed by atoms with Gasteiger partial charge in [-0.1, -0.05) is 170 Å². The van der Waals surface area contributed by atoms with Gasteiger partial charge >= 0.3 is 0 Å². The quantitative estimate of drug-likeness (QED) is 0.165. The van der Waals surface area contributed by atoms with Gasteiger partial charge in [-0.25, -0.2) is 0 Å². The van der Waals surface area contributed by atoms with E-state index in [2.05, 4.69) is 232 Å². The van der Waals surface area contributed by atoms with Crippen LogP contribution in [0.15, 0.2) is 218 Å². The summed E-state index contributed by atoms with van der Waals surface area (Å²) in [6.45, 7) is -0.179. The Morgan fingerprint density at radius 1 is 0.292 bits per heavy atom. The molecule has 72 heavy (non-hydrogen) atoms. The smallest absolute Gasteiger partial charge is 0.260 e. The standard InChI is InChI=1S/C66H36BN3O2/c1-3-13-37(14-4-1)39-25-31-56-50(33-39)46-21-11-19-44-48-27-29-52-65(63(48)69(56)61(44)46)71-58-35-41(68-54-23-9-7-17-42(54)43-18-8-10-24-55(43)68)36-59-60(58)67(52)53-30-28-49-45-20-12-22-47-51-34-40(38-15-5-2-6-16-38)26-32-57(51)70(62(45)47)64(49)66(53)72-59/h1-36H. The molecule has 5 aromatic heterocycles. The van der Waals surface area contributed by atoms with E-state index in [1.165, 1.54) is 98.2 Å². The Balaban J connectivity index is 0.953. The highest BCUT2D eigenvalue weighted by atomic mass is 16.5. The molecule has 0 amide bonds. The van der Waals surface area contributed by atoms with Crippen LogP contribution in [0.1, 0.15) is 0 Å². The van der Waals surface area contributed by atoms with Gasteiger partial charge in [-0.3, -0.25) is 0 Å². The summed E-state index contributed by atoms with van der Waals surface area (Å²) < 4.78 is 22.5. The average Bonchev–Trinajstić information content (AvgIpc) is 4.24.